The summed E-state index contributed by atoms with van der Waals surface area (Å²) in [7, 11) is 0. The first-order valence-electron chi connectivity index (χ1n) is 5.13. The van der Waals surface area contributed by atoms with Gasteiger partial charge in [0, 0.05) is 17.1 Å². The molecule has 2 aromatic rings. The van der Waals surface area contributed by atoms with Crippen molar-refractivity contribution in [3.05, 3.63) is 72.4 Å². The van der Waals surface area contributed by atoms with E-state index in [-0.39, 0.29) is 0 Å². The van der Waals surface area contributed by atoms with Crippen LogP contribution in [0.2, 0.25) is 0 Å². The fourth-order valence-corrected chi connectivity index (χ4v) is 2.10. The van der Waals surface area contributed by atoms with Gasteiger partial charge in [-0.05, 0) is 35.1 Å². The van der Waals surface area contributed by atoms with Gasteiger partial charge < -0.3 is 5.32 Å². The van der Waals surface area contributed by atoms with E-state index in [9.17, 15) is 0 Å². The van der Waals surface area contributed by atoms with Gasteiger partial charge in [0.25, 0.3) is 0 Å². The molecule has 80 valence electrons. The summed E-state index contributed by atoms with van der Waals surface area (Å²) in [6, 6.07) is 10.5. The maximum Gasteiger partial charge on any atom is 0.0342 e. The summed E-state index contributed by atoms with van der Waals surface area (Å²) in [5.74, 6) is 0. The van der Waals surface area contributed by atoms with Crippen molar-refractivity contribution in [1.82, 2.24) is 5.32 Å². The summed E-state index contributed by atoms with van der Waals surface area (Å²) in [6.45, 7) is 0. The number of hydrogen-bond acceptors (Lipinski definition) is 2. The van der Waals surface area contributed by atoms with Gasteiger partial charge >= 0.3 is 0 Å². The van der Waals surface area contributed by atoms with Crippen LogP contribution in [0.1, 0.15) is 0 Å². The molecule has 0 amide bonds. The van der Waals surface area contributed by atoms with Gasteiger partial charge in [0.2, 0.25) is 0 Å². The first kappa shape index (κ1) is 10.7. The lowest BCUT2D eigenvalue weighted by molar-refractivity contribution is 1.20. The number of benzene rings is 1. The summed E-state index contributed by atoms with van der Waals surface area (Å²) in [5, 5.41) is 6.39. The van der Waals surface area contributed by atoms with Crippen molar-refractivity contribution in [2.45, 2.75) is 0 Å². The molecule has 0 aliphatic carbocycles. The van der Waals surface area contributed by atoms with Gasteiger partial charge in [0.15, 0.2) is 0 Å². The van der Waals surface area contributed by atoms with Crippen LogP contribution in [0.4, 0.5) is 0 Å². The molecule has 1 aromatic carbocycles. The van der Waals surface area contributed by atoms with E-state index in [2.05, 4.69) is 41.0 Å². The molecule has 2 heterocycles. The van der Waals surface area contributed by atoms with Crippen LogP contribution in [0.15, 0.2) is 72.4 Å². The average molecular weight is 227 g/mol. The van der Waals surface area contributed by atoms with Gasteiger partial charge in [-0.1, -0.05) is 30.4 Å². The van der Waals surface area contributed by atoms with Gasteiger partial charge in [-0.25, -0.2) is 0 Å². The fraction of sp³-hybridized carbons (Fsp3) is 0. The Kier molecular flexibility index (Phi) is 3.97. The van der Waals surface area contributed by atoms with Crippen LogP contribution in [0, 0.1) is 0 Å². The molecule has 0 fully saturated rings. The van der Waals surface area contributed by atoms with Crippen LogP contribution >= 0.6 is 11.3 Å². The van der Waals surface area contributed by atoms with E-state index >= 15 is 0 Å². The Morgan fingerprint density at radius 3 is 2.31 bits per heavy atom. The van der Waals surface area contributed by atoms with E-state index in [1.165, 1.54) is 10.1 Å². The molecule has 16 heavy (non-hydrogen) atoms. The van der Waals surface area contributed by atoms with E-state index in [0.29, 0.717) is 0 Å². The molecular weight excluding hydrogens is 214 g/mol. The van der Waals surface area contributed by atoms with E-state index in [0.717, 1.165) is 0 Å². The summed E-state index contributed by atoms with van der Waals surface area (Å²) in [6.07, 6.45) is 11.6. The maximum absolute atomic E-state index is 2.92. The Bertz CT molecular complexity index is 476. The zero-order chi connectivity index (χ0) is 11.1. The molecule has 2 heteroatoms. The second kappa shape index (κ2) is 5.93. The van der Waals surface area contributed by atoms with Crippen LogP contribution in [0.25, 0.3) is 10.1 Å². The highest BCUT2D eigenvalue weighted by atomic mass is 32.1. The number of hydrogen-bond donors (Lipinski definition) is 1. The molecule has 0 spiro atoms. The smallest absolute Gasteiger partial charge is 0.0342 e. The molecule has 0 radical (unpaired) electrons. The minimum atomic E-state index is 1.35. The van der Waals surface area contributed by atoms with Crippen LogP contribution < -0.4 is 5.32 Å². The van der Waals surface area contributed by atoms with E-state index in [4.69, 9.17) is 0 Å². The Balaban J connectivity index is 0.000000125. The van der Waals surface area contributed by atoms with Crippen molar-refractivity contribution in [1.29, 1.82) is 0 Å². The van der Waals surface area contributed by atoms with Gasteiger partial charge in [0.05, 0.1) is 0 Å². The van der Waals surface area contributed by atoms with E-state index in [1.54, 1.807) is 11.3 Å². The van der Waals surface area contributed by atoms with Crippen LogP contribution in [0.3, 0.4) is 0 Å². The molecule has 0 unspecified atom stereocenters. The van der Waals surface area contributed by atoms with Crippen molar-refractivity contribution < 1.29 is 0 Å². The highest BCUT2D eigenvalue weighted by Crippen LogP contribution is 2.18. The second-order valence-electron chi connectivity index (χ2n) is 3.23. The molecule has 1 aliphatic heterocycles. The number of fused-ring (bicyclic) bond motifs is 1. The monoisotopic (exact) mass is 227 g/mol. The van der Waals surface area contributed by atoms with E-state index < -0.39 is 0 Å². The minimum Gasteiger partial charge on any atom is -0.368 e. The summed E-state index contributed by atoms with van der Waals surface area (Å²) >= 11 is 1.79. The number of thiophene rings is 1. The zero-order valence-corrected chi connectivity index (χ0v) is 9.65. The van der Waals surface area contributed by atoms with Crippen LogP contribution in [-0.2, 0) is 0 Å². The lowest BCUT2D eigenvalue weighted by Crippen LogP contribution is -1.87. The number of nitrogens with one attached hydrogen (secondary N) is 1. The Hall–Kier alpha value is -1.80. The maximum atomic E-state index is 2.92. The molecule has 1 nitrogen and oxygen atoms in total. The molecule has 0 bridgehead atoms. The standard InChI is InChI=1S/C8H6S.C6H7N/c1-2-4-8-7(3-1)5-6-9-8;1-2-4-6-7-5-3-1/h1-6H;1-7H. The molecule has 3 rings (SSSR count). The van der Waals surface area contributed by atoms with Crippen molar-refractivity contribution in [2.75, 3.05) is 0 Å². The molecule has 0 saturated heterocycles. The Labute approximate surface area is 99.4 Å². The summed E-state index contributed by atoms with van der Waals surface area (Å²) in [5.41, 5.74) is 0. The van der Waals surface area contributed by atoms with Gasteiger partial charge in [-0.3, -0.25) is 0 Å². The van der Waals surface area contributed by atoms with Gasteiger partial charge in [0.1, 0.15) is 0 Å². The second-order valence-corrected chi connectivity index (χ2v) is 4.18. The number of rotatable bonds is 0. The summed E-state index contributed by atoms with van der Waals surface area (Å²) in [4.78, 5) is 0. The van der Waals surface area contributed by atoms with Crippen molar-refractivity contribution >= 4 is 21.4 Å². The minimum absolute atomic E-state index is 1.35. The number of allylic oxidation sites excluding steroid dienone is 4. The quantitative estimate of drug-likeness (QED) is 0.715. The highest BCUT2D eigenvalue weighted by molar-refractivity contribution is 7.17. The lowest BCUT2D eigenvalue weighted by atomic mass is 10.3. The molecule has 0 atom stereocenters. The van der Waals surface area contributed by atoms with Gasteiger partial charge in [-0.2, -0.15) is 0 Å². The third-order valence-electron chi connectivity index (χ3n) is 2.08. The first-order valence-corrected chi connectivity index (χ1v) is 6.01. The van der Waals surface area contributed by atoms with Crippen LogP contribution in [-0.4, -0.2) is 0 Å². The zero-order valence-electron chi connectivity index (χ0n) is 8.84. The predicted octanol–water partition coefficient (Wildman–Crippen LogP) is 4.07. The Morgan fingerprint density at radius 2 is 1.56 bits per heavy atom. The average Bonchev–Trinajstić information content (AvgIpc) is 2.61. The molecule has 1 aliphatic rings. The third kappa shape index (κ3) is 3.11. The van der Waals surface area contributed by atoms with Crippen molar-refractivity contribution in [3.63, 3.8) is 0 Å². The highest BCUT2D eigenvalue weighted by Gasteiger charge is 1.87. The lowest BCUT2D eigenvalue weighted by Gasteiger charge is -1.82. The van der Waals surface area contributed by atoms with Gasteiger partial charge in [-0.15, -0.1) is 11.3 Å². The SMILES string of the molecule is C1=CC=CNC=C1.c1ccc2sccc2c1. The van der Waals surface area contributed by atoms with Crippen molar-refractivity contribution in [3.8, 4) is 0 Å². The summed E-state index contributed by atoms with van der Waals surface area (Å²) < 4.78 is 1.37. The van der Waals surface area contributed by atoms with E-state index in [1.807, 2.05) is 36.7 Å². The third-order valence-corrected chi connectivity index (χ3v) is 2.98. The van der Waals surface area contributed by atoms with Crippen molar-refractivity contribution in [2.24, 2.45) is 0 Å². The molecule has 0 saturated carbocycles. The first-order chi connectivity index (χ1) is 7.97. The molecule has 1 aromatic heterocycles. The predicted molar refractivity (Wildman–Crippen MR) is 72.4 cm³/mol. The molecular formula is C14H13NS. The van der Waals surface area contributed by atoms with Crippen LogP contribution in [0.5, 0.6) is 0 Å². The topological polar surface area (TPSA) is 12.0 Å². The fourth-order valence-electron chi connectivity index (χ4n) is 1.31. The Morgan fingerprint density at radius 1 is 0.812 bits per heavy atom. The molecule has 1 N–H and O–H groups in total. The normalized spacial score (nSPS) is 12.8. The largest absolute Gasteiger partial charge is 0.368 e.